The third kappa shape index (κ3) is 4.18. The topological polar surface area (TPSA) is 50.4 Å². The molecule has 1 unspecified atom stereocenters. The van der Waals surface area contributed by atoms with E-state index in [1.165, 1.54) is 0 Å². The summed E-state index contributed by atoms with van der Waals surface area (Å²) in [5, 5.41) is 5.69. The first kappa shape index (κ1) is 13.1. The summed E-state index contributed by atoms with van der Waals surface area (Å²) in [5.41, 5.74) is 1.00. The number of rotatable bonds is 6. The van der Waals surface area contributed by atoms with Gasteiger partial charge in [0.1, 0.15) is 5.75 Å². The normalized spacial score (nSPS) is 11.4. The fourth-order valence-corrected chi connectivity index (χ4v) is 1.27. The Hall–Kier alpha value is -1.97. The van der Waals surface area contributed by atoms with Crippen molar-refractivity contribution in [3.05, 3.63) is 36.9 Å². The van der Waals surface area contributed by atoms with Gasteiger partial charge in [-0.05, 0) is 31.2 Å². The molecule has 0 bridgehead atoms. The number of amides is 1. The predicted octanol–water partition coefficient (Wildman–Crippen LogP) is 1.80. The molecule has 4 nitrogen and oxygen atoms in total. The molecule has 4 heteroatoms. The summed E-state index contributed by atoms with van der Waals surface area (Å²) in [6.07, 6.45) is 1.11. The van der Waals surface area contributed by atoms with Crippen molar-refractivity contribution >= 4 is 11.6 Å². The molecule has 0 spiro atoms. The Morgan fingerprint density at radius 2 is 2.12 bits per heavy atom. The van der Waals surface area contributed by atoms with Crippen LogP contribution in [0.1, 0.15) is 6.92 Å². The first-order chi connectivity index (χ1) is 8.17. The van der Waals surface area contributed by atoms with E-state index in [1.54, 1.807) is 13.0 Å². The van der Waals surface area contributed by atoms with Crippen LogP contribution in [-0.4, -0.2) is 25.6 Å². The molecule has 1 amide bonds. The highest BCUT2D eigenvalue weighted by atomic mass is 16.5. The highest BCUT2D eigenvalue weighted by Crippen LogP contribution is 2.16. The Labute approximate surface area is 102 Å². The van der Waals surface area contributed by atoms with Gasteiger partial charge in [0, 0.05) is 19.3 Å². The lowest BCUT2D eigenvalue weighted by Gasteiger charge is -2.14. The van der Waals surface area contributed by atoms with Gasteiger partial charge in [-0.3, -0.25) is 4.79 Å². The van der Waals surface area contributed by atoms with E-state index < -0.39 is 6.10 Å². The number of benzene rings is 1. The number of carbonyl (C=O) groups excluding carboxylic acids is 1. The summed E-state index contributed by atoms with van der Waals surface area (Å²) in [5.74, 6) is 0.521. The molecule has 0 aromatic heterocycles. The molecule has 1 aromatic rings. The van der Waals surface area contributed by atoms with E-state index in [-0.39, 0.29) is 5.91 Å². The molecule has 1 atom stereocenters. The van der Waals surface area contributed by atoms with Gasteiger partial charge in [-0.25, -0.2) is 0 Å². The molecule has 0 radical (unpaired) electrons. The van der Waals surface area contributed by atoms with Gasteiger partial charge in [-0.15, -0.1) is 6.58 Å². The largest absolute Gasteiger partial charge is 0.481 e. The second-order valence-corrected chi connectivity index (χ2v) is 3.57. The molecule has 0 aliphatic carbocycles. The van der Waals surface area contributed by atoms with Crippen LogP contribution < -0.4 is 15.4 Å². The lowest BCUT2D eigenvalue weighted by molar-refractivity contribution is -0.127. The van der Waals surface area contributed by atoms with Crippen molar-refractivity contribution in [3.63, 3.8) is 0 Å². The van der Waals surface area contributed by atoms with E-state index >= 15 is 0 Å². The molecule has 0 heterocycles. The minimum Gasteiger partial charge on any atom is -0.481 e. The second-order valence-electron chi connectivity index (χ2n) is 3.57. The summed E-state index contributed by atoms with van der Waals surface area (Å²) >= 11 is 0. The van der Waals surface area contributed by atoms with E-state index in [2.05, 4.69) is 17.2 Å². The maximum atomic E-state index is 11.5. The molecular weight excluding hydrogens is 216 g/mol. The van der Waals surface area contributed by atoms with Crippen LogP contribution in [0.5, 0.6) is 5.75 Å². The summed E-state index contributed by atoms with van der Waals surface area (Å²) in [6, 6.07) is 7.43. The first-order valence-corrected chi connectivity index (χ1v) is 5.50. The van der Waals surface area contributed by atoms with Gasteiger partial charge in [-0.2, -0.15) is 0 Å². The fourth-order valence-electron chi connectivity index (χ4n) is 1.27. The van der Waals surface area contributed by atoms with Crippen molar-refractivity contribution < 1.29 is 9.53 Å². The van der Waals surface area contributed by atoms with Crippen LogP contribution in [0.3, 0.4) is 0 Å². The van der Waals surface area contributed by atoms with E-state index in [0.717, 1.165) is 5.69 Å². The summed E-state index contributed by atoms with van der Waals surface area (Å²) < 4.78 is 5.50. The van der Waals surface area contributed by atoms with Crippen LogP contribution in [-0.2, 0) is 4.79 Å². The van der Waals surface area contributed by atoms with E-state index in [1.807, 2.05) is 31.3 Å². The molecule has 0 aliphatic rings. The Kier molecular flexibility index (Phi) is 5.07. The average molecular weight is 234 g/mol. The van der Waals surface area contributed by atoms with Crippen LogP contribution >= 0.6 is 0 Å². The number of anilines is 1. The Morgan fingerprint density at radius 1 is 1.47 bits per heavy atom. The van der Waals surface area contributed by atoms with Gasteiger partial charge < -0.3 is 15.4 Å². The second kappa shape index (κ2) is 6.58. The van der Waals surface area contributed by atoms with Crippen LogP contribution in [0.2, 0.25) is 0 Å². The average Bonchev–Trinajstić information content (AvgIpc) is 2.36. The van der Waals surface area contributed by atoms with Crippen molar-refractivity contribution in [2.24, 2.45) is 0 Å². The summed E-state index contributed by atoms with van der Waals surface area (Å²) in [6.45, 7) is 5.69. The van der Waals surface area contributed by atoms with Crippen LogP contribution in [0, 0.1) is 0 Å². The SMILES string of the molecule is C=CCNC(=O)C(C)Oc1ccc(NC)cc1. The Bertz CT molecular complexity index is 374. The molecule has 1 aromatic carbocycles. The maximum absolute atomic E-state index is 11.5. The van der Waals surface area contributed by atoms with Gasteiger partial charge in [0.15, 0.2) is 6.10 Å². The van der Waals surface area contributed by atoms with Crippen molar-refractivity contribution in [1.82, 2.24) is 5.32 Å². The molecule has 0 saturated heterocycles. The van der Waals surface area contributed by atoms with E-state index in [0.29, 0.717) is 12.3 Å². The predicted molar refractivity (Wildman–Crippen MR) is 69.3 cm³/mol. The zero-order chi connectivity index (χ0) is 12.7. The third-order valence-electron chi connectivity index (χ3n) is 2.25. The maximum Gasteiger partial charge on any atom is 0.261 e. The molecule has 0 aliphatic heterocycles. The van der Waals surface area contributed by atoms with Gasteiger partial charge >= 0.3 is 0 Å². The molecule has 2 N–H and O–H groups in total. The van der Waals surface area contributed by atoms with Crippen molar-refractivity contribution in [1.29, 1.82) is 0 Å². The standard InChI is InChI=1S/C13H18N2O2/c1-4-9-15-13(16)10(2)17-12-7-5-11(14-3)6-8-12/h4-8,10,14H,1,9H2,2-3H3,(H,15,16). The number of carbonyl (C=O) groups is 1. The third-order valence-corrected chi connectivity index (χ3v) is 2.25. The quantitative estimate of drug-likeness (QED) is 0.738. The van der Waals surface area contributed by atoms with Gasteiger partial charge in [-0.1, -0.05) is 6.08 Å². The van der Waals surface area contributed by atoms with Crippen molar-refractivity contribution in [3.8, 4) is 5.75 Å². The van der Waals surface area contributed by atoms with Gasteiger partial charge in [0.05, 0.1) is 0 Å². The Morgan fingerprint density at radius 3 is 2.65 bits per heavy atom. The number of hydrogen-bond acceptors (Lipinski definition) is 3. The van der Waals surface area contributed by atoms with E-state index in [9.17, 15) is 4.79 Å². The van der Waals surface area contributed by atoms with Crippen LogP contribution in [0.4, 0.5) is 5.69 Å². The zero-order valence-electron chi connectivity index (χ0n) is 10.2. The highest BCUT2D eigenvalue weighted by Gasteiger charge is 2.13. The monoisotopic (exact) mass is 234 g/mol. The van der Waals surface area contributed by atoms with E-state index in [4.69, 9.17) is 4.74 Å². The minimum absolute atomic E-state index is 0.150. The summed E-state index contributed by atoms with van der Waals surface area (Å²) in [4.78, 5) is 11.5. The fraction of sp³-hybridized carbons (Fsp3) is 0.308. The minimum atomic E-state index is -0.518. The van der Waals surface area contributed by atoms with Gasteiger partial charge in [0.2, 0.25) is 0 Å². The molecule has 0 fully saturated rings. The summed E-state index contributed by atoms with van der Waals surface area (Å²) in [7, 11) is 1.85. The number of ether oxygens (including phenoxy) is 1. The first-order valence-electron chi connectivity index (χ1n) is 5.50. The van der Waals surface area contributed by atoms with Gasteiger partial charge in [0.25, 0.3) is 5.91 Å². The smallest absolute Gasteiger partial charge is 0.261 e. The van der Waals surface area contributed by atoms with Crippen LogP contribution in [0.25, 0.3) is 0 Å². The Balaban J connectivity index is 2.51. The number of hydrogen-bond donors (Lipinski definition) is 2. The zero-order valence-corrected chi connectivity index (χ0v) is 10.2. The van der Waals surface area contributed by atoms with Crippen LogP contribution in [0.15, 0.2) is 36.9 Å². The molecule has 0 saturated carbocycles. The molecule has 17 heavy (non-hydrogen) atoms. The highest BCUT2D eigenvalue weighted by molar-refractivity contribution is 5.80. The molecule has 92 valence electrons. The molecular formula is C13H18N2O2. The lowest BCUT2D eigenvalue weighted by atomic mass is 10.3. The van der Waals surface area contributed by atoms with Crippen molar-refractivity contribution in [2.45, 2.75) is 13.0 Å². The molecule has 1 rings (SSSR count). The number of nitrogens with one attached hydrogen (secondary N) is 2. The lowest BCUT2D eigenvalue weighted by Crippen LogP contribution is -2.36. The van der Waals surface area contributed by atoms with Crippen molar-refractivity contribution in [2.75, 3.05) is 18.9 Å².